The zero-order valence-corrected chi connectivity index (χ0v) is 25.3. The van der Waals surface area contributed by atoms with Crippen LogP contribution in [0.1, 0.15) is 72.1 Å². The van der Waals surface area contributed by atoms with Gasteiger partial charge in [0.15, 0.2) is 0 Å². The second-order valence-electron chi connectivity index (χ2n) is 11.9. The van der Waals surface area contributed by atoms with E-state index in [1.54, 1.807) is 16.7 Å². The van der Waals surface area contributed by atoms with Gasteiger partial charge in [0.05, 0.1) is 24.4 Å². The van der Waals surface area contributed by atoms with Crippen LogP contribution >= 0.6 is 15.9 Å². The molecule has 6 rings (SSSR count). The fourth-order valence-corrected chi connectivity index (χ4v) is 7.78. The van der Waals surface area contributed by atoms with Gasteiger partial charge < -0.3 is 24.5 Å². The number of carboxylic acid groups (broad SMARTS) is 1. The summed E-state index contributed by atoms with van der Waals surface area (Å²) in [6.45, 7) is 3.83. The van der Waals surface area contributed by atoms with Gasteiger partial charge >= 0.3 is 5.97 Å². The van der Waals surface area contributed by atoms with Gasteiger partial charge in [-0.25, -0.2) is 0 Å². The molecule has 3 heterocycles. The third-order valence-corrected chi connectivity index (χ3v) is 10.2. The van der Waals surface area contributed by atoms with Gasteiger partial charge in [-0.15, -0.1) is 0 Å². The molecule has 1 saturated heterocycles. The van der Waals surface area contributed by atoms with Gasteiger partial charge in [0.1, 0.15) is 11.9 Å². The summed E-state index contributed by atoms with van der Waals surface area (Å²) in [6, 6.07) is 10.9. The zero-order chi connectivity index (χ0) is 29.5. The SMILES string of the molecule is CC(=O)N1CC[C@H](Oc2ccc(Br)c3c2C(CN2Cc4ccccc4C2=O)N(C(=O)[C@@H]2CCCC[C@@H]2C(=O)O)CC3)C1. The van der Waals surface area contributed by atoms with E-state index in [0.29, 0.717) is 63.2 Å². The monoisotopic (exact) mass is 637 g/mol. The van der Waals surface area contributed by atoms with E-state index in [2.05, 4.69) is 15.9 Å². The molecule has 222 valence electrons. The van der Waals surface area contributed by atoms with E-state index in [0.717, 1.165) is 34.0 Å². The highest BCUT2D eigenvalue weighted by molar-refractivity contribution is 9.10. The number of ether oxygens (including phenoxy) is 1. The first-order valence-corrected chi connectivity index (χ1v) is 15.7. The first kappa shape index (κ1) is 28.7. The van der Waals surface area contributed by atoms with Crippen molar-refractivity contribution in [2.45, 2.75) is 64.1 Å². The maximum absolute atomic E-state index is 14.3. The topological polar surface area (TPSA) is 107 Å². The minimum Gasteiger partial charge on any atom is -0.488 e. The minimum absolute atomic E-state index is 0.0150. The van der Waals surface area contributed by atoms with Crippen LogP contribution in [0, 0.1) is 11.8 Å². The number of carbonyl (C=O) groups excluding carboxylic acids is 3. The molecular weight excluding hydrogens is 602 g/mol. The summed E-state index contributed by atoms with van der Waals surface area (Å²) >= 11 is 3.72. The molecule has 1 saturated carbocycles. The summed E-state index contributed by atoms with van der Waals surface area (Å²) in [5.74, 6) is -1.79. The Morgan fingerprint density at radius 1 is 1.02 bits per heavy atom. The van der Waals surface area contributed by atoms with Crippen LogP contribution in [0.2, 0.25) is 0 Å². The van der Waals surface area contributed by atoms with Crippen LogP contribution in [-0.4, -0.2) is 75.8 Å². The Hall–Kier alpha value is -3.40. The quantitative estimate of drug-likeness (QED) is 0.502. The lowest BCUT2D eigenvalue weighted by Gasteiger charge is -2.43. The number of carbonyl (C=O) groups is 4. The maximum atomic E-state index is 14.3. The molecule has 10 heteroatoms. The van der Waals surface area contributed by atoms with Gasteiger partial charge in [-0.3, -0.25) is 19.2 Å². The summed E-state index contributed by atoms with van der Waals surface area (Å²) < 4.78 is 7.49. The van der Waals surface area contributed by atoms with Crippen LogP contribution in [0.15, 0.2) is 40.9 Å². The summed E-state index contributed by atoms with van der Waals surface area (Å²) in [5.41, 5.74) is 3.52. The minimum atomic E-state index is -0.921. The van der Waals surface area contributed by atoms with Crippen LogP contribution in [-0.2, 0) is 27.3 Å². The molecule has 4 atom stereocenters. The lowest BCUT2D eigenvalue weighted by atomic mass is 9.77. The number of hydrogen-bond donors (Lipinski definition) is 1. The Kier molecular flexibility index (Phi) is 8.00. The Labute approximate surface area is 253 Å². The average molecular weight is 639 g/mol. The number of halogens is 1. The van der Waals surface area contributed by atoms with Gasteiger partial charge in [-0.1, -0.05) is 47.0 Å². The molecule has 1 unspecified atom stereocenters. The highest BCUT2D eigenvalue weighted by Gasteiger charge is 2.44. The van der Waals surface area contributed by atoms with Gasteiger partial charge in [0, 0.05) is 55.1 Å². The second-order valence-corrected chi connectivity index (χ2v) is 12.8. The van der Waals surface area contributed by atoms with Crippen LogP contribution < -0.4 is 4.74 Å². The van der Waals surface area contributed by atoms with Gasteiger partial charge in [-0.05, 0) is 48.6 Å². The van der Waals surface area contributed by atoms with Crippen LogP contribution in [0.3, 0.4) is 0 Å². The first-order chi connectivity index (χ1) is 20.2. The normalized spacial score (nSPS) is 25.3. The molecule has 9 nitrogen and oxygen atoms in total. The van der Waals surface area contributed by atoms with Crippen molar-refractivity contribution in [3.8, 4) is 5.75 Å². The Bertz CT molecular complexity index is 1430. The number of fused-ring (bicyclic) bond motifs is 2. The van der Waals surface area contributed by atoms with E-state index in [9.17, 15) is 24.3 Å². The van der Waals surface area contributed by atoms with Crippen LogP contribution in [0.4, 0.5) is 0 Å². The van der Waals surface area contributed by atoms with E-state index < -0.39 is 23.8 Å². The molecule has 2 fully saturated rings. The highest BCUT2D eigenvalue weighted by atomic mass is 79.9. The Morgan fingerprint density at radius 3 is 2.50 bits per heavy atom. The number of carboxylic acids is 1. The van der Waals surface area contributed by atoms with Crippen molar-refractivity contribution in [1.29, 1.82) is 0 Å². The third-order valence-electron chi connectivity index (χ3n) is 9.43. The number of benzene rings is 2. The molecule has 42 heavy (non-hydrogen) atoms. The number of likely N-dealkylation sites (tertiary alicyclic amines) is 1. The van der Waals surface area contributed by atoms with E-state index in [1.165, 1.54) is 0 Å². The number of amides is 3. The summed E-state index contributed by atoms with van der Waals surface area (Å²) in [4.78, 5) is 57.3. The number of rotatable bonds is 6. The summed E-state index contributed by atoms with van der Waals surface area (Å²) in [5, 5.41) is 9.97. The smallest absolute Gasteiger partial charge is 0.307 e. The van der Waals surface area contributed by atoms with E-state index in [4.69, 9.17) is 4.74 Å². The van der Waals surface area contributed by atoms with Crippen molar-refractivity contribution in [2.75, 3.05) is 26.2 Å². The van der Waals surface area contributed by atoms with Crippen molar-refractivity contribution in [3.05, 3.63) is 63.1 Å². The molecule has 2 aromatic rings. The van der Waals surface area contributed by atoms with E-state index in [1.807, 2.05) is 41.3 Å². The van der Waals surface area contributed by atoms with Crippen molar-refractivity contribution < 1.29 is 29.0 Å². The molecule has 0 radical (unpaired) electrons. The molecule has 1 aliphatic carbocycles. The summed E-state index contributed by atoms with van der Waals surface area (Å²) in [6.07, 6.45) is 3.77. The first-order valence-electron chi connectivity index (χ1n) is 14.9. The fourth-order valence-electron chi connectivity index (χ4n) is 7.23. The molecule has 3 amide bonds. The van der Waals surface area contributed by atoms with Crippen LogP contribution in [0.25, 0.3) is 0 Å². The number of nitrogens with zero attached hydrogens (tertiary/aromatic N) is 3. The van der Waals surface area contributed by atoms with Crippen molar-refractivity contribution in [3.63, 3.8) is 0 Å². The lowest BCUT2D eigenvalue weighted by Crippen LogP contribution is -2.50. The molecule has 3 aliphatic heterocycles. The predicted octanol–water partition coefficient (Wildman–Crippen LogP) is 4.42. The summed E-state index contributed by atoms with van der Waals surface area (Å²) in [7, 11) is 0. The van der Waals surface area contributed by atoms with Crippen molar-refractivity contribution in [2.24, 2.45) is 11.8 Å². The lowest BCUT2D eigenvalue weighted by molar-refractivity contribution is -0.153. The Morgan fingerprint density at radius 2 is 1.79 bits per heavy atom. The van der Waals surface area contributed by atoms with Crippen LogP contribution in [0.5, 0.6) is 5.75 Å². The highest BCUT2D eigenvalue weighted by Crippen LogP contribution is 2.44. The van der Waals surface area contributed by atoms with E-state index in [-0.39, 0.29) is 30.4 Å². The fraction of sp³-hybridized carbons (Fsp3) is 0.500. The number of aliphatic carboxylic acids is 1. The zero-order valence-electron chi connectivity index (χ0n) is 23.8. The van der Waals surface area contributed by atoms with Crippen molar-refractivity contribution >= 4 is 39.6 Å². The van der Waals surface area contributed by atoms with Gasteiger partial charge in [0.25, 0.3) is 5.91 Å². The standard InChI is InChI=1S/C32H36BrN3O6/c1-19(37)34-14-12-21(17-34)42-28-11-10-26(33)25-13-15-36(31(39)23-8-4-5-9-24(23)32(40)41)27(29(25)28)18-35-16-20-6-2-3-7-22(20)30(35)38/h2-3,6-7,10-11,21,23-24,27H,4-5,8-9,12-18H2,1H3,(H,40,41)/t21-,23+,24-,27?/m0/s1. The largest absolute Gasteiger partial charge is 0.488 e. The number of hydrogen-bond acceptors (Lipinski definition) is 5. The second kappa shape index (κ2) is 11.7. The molecular formula is C32H36BrN3O6. The molecule has 2 aromatic carbocycles. The average Bonchev–Trinajstić information content (AvgIpc) is 3.59. The third kappa shape index (κ3) is 5.29. The van der Waals surface area contributed by atoms with Crippen molar-refractivity contribution in [1.82, 2.24) is 14.7 Å². The van der Waals surface area contributed by atoms with Gasteiger partial charge in [-0.2, -0.15) is 0 Å². The maximum Gasteiger partial charge on any atom is 0.307 e. The molecule has 4 aliphatic rings. The molecule has 0 aromatic heterocycles. The predicted molar refractivity (Wildman–Crippen MR) is 158 cm³/mol. The molecule has 0 spiro atoms. The Balaban J connectivity index is 1.37. The van der Waals surface area contributed by atoms with Gasteiger partial charge in [0.2, 0.25) is 11.8 Å². The molecule has 0 bridgehead atoms. The molecule has 1 N–H and O–H groups in total. The van der Waals surface area contributed by atoms with E-state index >= 15 is 0 Å².